The Kier molecular flexibility index (Phi) is 3.93. The van der Waals surface area contributed by atoms with E-state index >= 15 is 0 Å². The SMILES string of the molecule is Cc1cc(NC(=O)C2CCC(CN)O2)ccc1F. The van der Waals surface area contributed by atoms with Gasteiger partial charge in [-0.25, -0.2) is 4.39 Å². The van der Waals surface area contributed by atoms with E-state index in [2.05, 4.69) is 5.32 Å². The van der Waals surface area contributed by atoms with Crippen molar-refractivity contribution in [2.75, 3.05) is 11.9 Å². The molecule has 1 fully saturated rings. The Morgan fingerprint density at radius 3 is 2.94 bits per heavy atom. The average molecular weight is 252 g/mol. The van der Waals surface area contributed by atoms with Crippen molar-refractivity contribution in [3.05, 3.63) is 29.6 Å². The van der Waals surface area contributed by atoms with Gasteiger partial charge in [-0.3, -0.25) is 4.79 Å². The molecule has 0 bridgehead atoms. The van der Waals surface area contributed by atoms with Gasteiger partial charge in [-0.15, -0.1) is 0 Å². The van der Waals surface area contributed by atoms with Gasteiger partial charge in [0.15, 0.2) is 0 Å². The summed E-state index contributed by atoms with van der Waals surface area (Å²) in [4.78, 5) is 11.9. The summed E-state index contributed by atoms with van der Waals surface area (Å²) < 4.78 is 18.6. The molecule has 98 valence electrons. The van der Waals surface area contributed by atoms with Gasteiger partial charge in [0.2, 0.25) is 0 Å². The van der Waals surface area contributed by atoms with Crippen molar-refractivity contribution in [2.24, 2.45) is 5.73 Å². The van der Waals surface area contributed by atoms with Crippen LogP contribution in [0.4, 0.5) is 10.1 Å². The number of nitrogens with two attached hydrogens (primary N) is 1. The van der Waals surface area contributed by atoms with Gasteiger partial charge in [-0.2, -0.15) is 0 Å². The molecule has 4 nitrogen and oxygen atoms in total. The summed E-state index contributed by atoms with van der Waals surface area (Å²) in [5.41, 5.74) is 6.57. The standard InChI is InChI=1S/C13H17FN2O2/c1-8-6-9(2-4-11(8)14)16-13(17)12-5-3-10(7-15)18-12/h2,4,6,10,12H,3,5,7,15H2,1H3,(H,16,17). The zero-order valence-corrected chi connectivity index (χ0v) is 10.3. The zero-order chi connectivity index (χ0) is 13.1. The lowest BCUT2D eigenvalue weighted by Crippen LogP contribution is -2.29. The van der Waals surface area contributed by atoms with E-state index in [1.807, 2.05) is 0 Å². The van der Waals surface area contributed by atoms with Gasteiger partial charge in [0.1, 0.15) is 11.9 Å². The third-order valence-corrected chi connectivity index (χ3v) is 3.09. The summed E-state index contributed by atoms with van der Waals surface area (Å²) in [6.07, 6.45) is 0.991. The van der Waals surface area contributed by atoms with Crippen LogP contribution in [-0.4, -0.2) is 24.7 Å². The van der Waals surface area contributed by atoms with E-state index in [-0.39, 0.29) is 17.8 Å². The number of benzene rings is 1. The summed E-state index contributed by atoms with van der Waals surface area (Å²) in [5.74, 6) is -0.481. The Morgan fingerprint density at radius 1 is 1.56 bits per heavy atom. The van der Waals surface area contributed by atoms with E-state index in [1.165, 1.54) is 12.1 Å². The Labute approximate surface area is 105 Å². The van der Waals surface area contributed by atoms with Crippen molar-refractivity contribution in [3.63, 3.8) is 0 Å². The predicted molar refractivity (Wildman–Crippen MR) is 66.7 cm³/mol. The molecule has 1 aromatic carbocycles. The van der Waals surface area contributed by atoms with E-state index in [4.69, 9.17) is 10.5 Å². The normalized spacial score (nSPS) is 23.1. The zero-order valence-electron chi connectivity index (χ0n) is 10.3. The highest BCUT2D eigenvalue weighted by Crippen LogP contribution is 2.21. The third kappa shape index (κ3) is 2.86. The fourth-order valence-corrected chi connectivity index (χ4v) is 2.02. The van der Waals surface area contributed by atoms with Crippen LogP contribution in [0.15, 0.2) is 18.2 Å². The van der Waals surface area contributed by atoms with Crippen LogP contribution >= 0.6 is 0 Å². The van der Waals surface area contributed by atoms with Crippen molar-refractivity contribution >= 4 is 11.6 Å². The topological polar surface area (TPSA) is 64.4 Å². The predicted octanol–water partition coefficient (Wildman–Crippen LogP) is 1.58. The molecule has 5 heteroatoms. The second kappa shape index (κ2) is 5.46. The molecule has 0 aliphatic carbocycles. The van der Waals surface area contributed by atoms with E-state index in [9.17, 15) is 9.18 Å². The molecule has 18 heavy (non-hydrogen) atoms. The van der Waals surface area contributed by atoms with E-state index in [0.29, 0.717) is 24.2 Å². The minimum atomic E-state index is -0.455. The van der Waals surface area contributed by atoms with E-state index in [1.54, 1.807) is 13.0 Å². The van der Waals surface area contributed by atoms with Crippen LogP contribution in [0.1, 0.15) is 18.4 Å². The molecule has 2 atom stereocenters. The number of carbonyl (C=O) groups excluding carboxylic acids is 1. The fourth-order valence-electron chi connectivity index (χ4n) is 2.02. The van der Waals surface area contributed by atoms with Gasteiger partial charge in [-0.1, -0.05) is 0 Å². The van der Waals surface area contributed by atoms with Gasteiger partial charge < -0.3 is 15.8 Å². The maximum atomic E-state index is 13.1. The minimum absolute atomic E-state index is 0.0318. The van der Waals surface area contributed by atoms with Crippen LogP contribution in [0.25, 0.3) is 0 Å². The number of nitrogens with one attached hydrogen (secondary N) is 1. The summed E-state index contributed by atoms with van der Waals surface area (Å²) in [7, 11) is 0. The molecule has 1 amide bonds. The second-order valence-electron chi connectivity index (χ2n) is 4.51. The van der Waals surface area contributed by atoms with Crippen LogP contribution in [0.3, 0.4) is 0 Å². The Bertz CT molecular complexity index is 451. The molecular formula is C13H17FN2O2. The maximum Gasteiger partial charge on any atom is 0.253 e. The quantitative estimate of drug-likeness (QED) is 0.858. The lowest BCUT2D eigenvalue weighted by atomic mass is 10.1. The number of hydrogen-bond acceptors (Lipinski definition) is 3. The second-order valence-corrected chi connectivity index (χ2v) is 4.51. The smallest absolute Gasteiger partial charge is 0.253 e. The van der Waals surface area contributed by atoms with Gasteiger partial charge in [0.05, 0.1) is 6.10 Å². The molecular weight excluding hydrogens is 235 g/mol. The van der Waals surface area contributed by atoms with Crippen LogP contribution in [0, 0.1) is 12.7 Å². The molecule has 0 spiro atoms. The first-order valence-corrected chi connectivity index (χ1v) is 6.02. The Balaban J connectivity index is 1.97. The number of ether oxygens (including phenoxy) is 1. The number of halogens is 1. The first-order chi connectivity index (χ1) is 8.60. The largest absolute Gasteiger partial charge is 0.364 e. The molecule has 0 aromatic heterocycles. The van der Waals surface area contributed by atoms with Crippen molar-refractivity contribution in [2.45, 2.75) is 32.0 Å². The molecule has 1 aromatic rings. The monoisotopic (exact) mass is 252 g/mol. The molecule has 2 unspecified atom stereocenters. The minimum Gasteiger partial charge on any atom is -0.364 e. The molecule has 3 N–H and O–H groups in total. The van der Waals surface area contributed by atoms with Gasteiger partial charge in [0.25, 0.3) is 5.91 Å². The molecule has 1 aliphatic rings. The number of amides is 1. The Hall–Kier alpha value is -1.46. The summed E-state index contributed by atoms with van der Waals surface area (Å²) in [6, 6.07) is 4.47. The average Bonchev–Trinajstić information content (AvgIpc) is 2.82. The lowest BCUT2D eigenvalue weighted by Gasteiger charge is -2.13. The Morgan fingerprint density at radius 2 is 2.33 bits per heavy atom. The maximum absolute atomic E-state index is 13.1. The van der Waals surface area contributed by atoms with Gasteiger partial charge in [-0.05, 0) is 43.5 Å². The number of rotatable bonds is 3. The van der Waals surface area contributed by atoms with Crippen LogP contribution in [-0.2, 0) is 9.53 Å². The van der Waals surface area contributed by atoms with E-state index < -0.39 is 6.10 Å². The van der Waals surface area contributed by atoms with Gasteiger partial charge >= 0.3 is 0 Å². The molecule has 0 radical (unpaired) electrons. The first-order valence-electron chi connectivity index (χ1n) is 6.02. The number of anilines is 1. The molecule has 1 saturated heterocycles. The molecule has 1 heterocycles. The van der Waals surface area contributed by atoms with Crippen molar-refractivity contribution in [3.8, 4) is 0 Å². The summed E-state index contributed by atoms with van der Waals surface area (Å²) in [6.45, 7) is 2.08. The molecule has 0 saturated carbocycles. The first kappa shape index (κ1) is 13.0. The van der Waals surface area contributed by atoms with E-state index in [0.717, 1.165) is 6.42 Å². The third-order valence-electron chi connectivity index (χ3n) is 3.09. The van der Waals surface area contributed by atoms with Crippen LogP contribution in [0.5, 0.6) is 0 Å². The number of aryl methyl sites for hydroxylation is 1. The fraction of sp³-hybridized carbons (Fsp3) is 0.462. The van der Waals surface area contributed by atoms with Crippen molar-refractivity contribution in [1.29, 1.82) is 0 Å². The number of hydrogen-bond donors (Lipinski definition) is 2. The van der Waals surface area contributed by atoms with Crippen LogP contribution < -0.4 is 11.1 Å². The lowest BCUT2D eigenvalue weighted by molar-refractivity contribution is -0.126. The molecule has 1 aliphatic heterocycles. The van der Waals surface area contributed by atoms with Crippen molar-refractivity contribution < 1.29 is 13.9 Å². The van der Waals surface area contributed by atoms with Gasteiger partial charge in [0, 0.05) is 12.2 Å². The van der Waals surface area contributed by atoms with Crippen molar-refractivity contribution in [1.82, 2.24) is 0 Å². The number of carbonyl (C=O) groups is 1. The van der Waals surface area contributed by atoms with Crippen LogP contribution in [0.2, 0.25) is 0 Å². The summed E-state index contributed by atoms with van der Waals surface area (Å²) >= 11 is 0. The highest BCUT2D eigenvalue weighted by Gasteiger charge is 2.29. The molecule has 2 rings (SSSR count). The highest BCUT2D eigenvalue weighted by atomic mass is 19.1. The highest BCUT2D eigenvalue weighted by molar-refractivity contribution is 5.94. The summed E-state index contributed by atoms with van der Waals surface area (Å²) in [5, 5.41) is 2.73.